The summed E-state index contributed by atoms with van der Waals surface area (Å²) in [7, 11) is 0. The summed E-state index contributed by atoms with van der Waals surface area (Å²) in [6, 6.07) is 0. The predicted molar refractivity (Wildman–Crippen MR) is 79.4 cm³/mol. The zero-order chi connectivity index (χ0) is 13.1. The van der Waals surface area contributed by atoms with Gasteiger partial charge in [-0.25, -0.2) is 0 Å². The van der Waals surface area contributed by atoms with E-state index in [0.29, 0.717) is 0 Å². The Hall–Kier alpha value is -0.790. The molecule has 7 heteroatoms. The third-order valence-electron chi connectivity index (χ3n) is 2.57. The van der Waals surface area contributed by atoms with Gasteiger partial charge in [0.05, 0.1) is 5.69 Å². The molecule has 0 unspecified atom stereocenters. The van der Waals surface area contributed by atoms with Crippen LogP contribution in [0, 0.1) is 13.8 Å². The van der Waals surface area contributed by atoms with E-state index in [0.717, 1.165) is 36.9 Å². The van der Waals surface area contributed by atoms with Crippen molar-refractivity contribution >= 4 is 40.5 Å². The minimum absolute atomic E-state index is 0.777. The second-order valence-corrected chi connectivity index (χ2v) is 7.01. The van der Waals surface area contributed by atoms with Crippen molar-refractivity contribution in [1.82, 2.24) is 15.2 Å². The van der Waals surface area contributed by atoms with E-state index in [-0.39, 0.29) is 0 Å². The Morgan fingerprint density at radius 2 is 2.00 bits per heavy atom. The molecule has 0 radical (unpaired) electrons. The molecule has 2 N–H and O–H groups in total. The molecular formula is C11H14N4S3. The fraction of sp³-hybridized carbons (Fsp3) is 0.364. The van der Waals surface area contributed by atoms with Crippen LogP contribution >= 0.6 is 34.9 Å². The molecule has 0 saturated heterocycles. The summed E-state index contributed by atoms with van der Waals surface area (Å²) in [6.07, 6.45) is 3.83. The summed E-state index contributed by atoms with van der Waals surface area (Å²) >= 11 is 4.88. The summed E-state index contributed by atoms with van der Waals surface area (Å²) in [4.78, 5) is 4.43. The molecule has 0 bridgehead atoms. The van der Waals surface area contributed by atoms with E-state index in [1.807, 2.05) is 26.3 Å². The number of hydrogen-bond donors (Lipinski definition) is 1. The maximum Gasteiger partial charge on any atom is 0.175 e. The molecule has 0 aliphatic heterocycles. The van der Waals surface area contributed by atoms with Gasteiger partial charge in [-0.2, -0.15) is 0 Å². The first-order chi connectivity index (χ1) is 8.61. The molecule has 4 nitrogen and oxygen atoms in total. The van der Waals surface area contributed by atoms with Crippen molar-refractivity contribution in [2.45, 2.75) is 28.3 Å². The van der Waals surface area contributed by atoms with Gasteiger partial charge in [0.25, 0.3) is 0 Å². The number of aryl methyl sites for hydroxylation is 1. The van der Waals surface area contributed by atoms with E-state index in [2.05, 4.69) is 15.2 Å². The Balaban J connectivity index is 2.08. The van der Waals surface area contributed by atoms with Gasteiger partial charge in [0.15, 0.2) is 8.68 Å². The van der Waals surface area contributed by atoms with Crippen molar-refractivity contribution in [3.63, 3.8) is 0 Å². The number of aromatic nitrogens is 3. The molecule has 2 rings (SSSR count). The van der Waals surface area contributed by atoms with E-state index >= 15 is 0 Å². The third-order valence-corrected chi connectivity index (χ3v) is 5.61. The Morgan fingerprint density at radius 1 is 1.28 bits per heavy atom. The Morgan fingerprint density at radius 3 is 2.67 bits per heavy atom. The summed E-state index contributed by atoms with van der Waals surface area (Å²) in [5, 5.41) is 8.19. The van der Waals surface area contributed by atoms with Gasteiger partial charge in [-0.3, -0.25) is 4.98 Å². The smallest absolute Gasteiger partial charge is 0.175 e. The largest absolute Gasteiger partial charge is 0.398 e. The molecule has 0 atom stereocenters. The second kappa shape index (κ2) is 5.90. The molecule has 0 amide bonds. The summed E-state index contributed by atoms with van der Waals surface area (Å²) < 4.78 is 1.96. The van der Waals surface area contributed by atoms with Crippen LogP contribution in [0.3, 0.4) is 0 Å². The van der Waals surface area contributed by atoms with E-state index in [4.69, 9.17) is 5.73 Å². The SMILES string of the molecule is CSc1nnc(SCc2ncc(C)c(N)c2C)s1. The number of nitrogen functional groups attached to an aromatic ring is 1. The topological polar surface area (TPSA) is 64.7 Å². The highest BCUT2D eigenvalue weighted by atomic mass is 32.2. The van der Waals surface area contributed by atoms with Crippen LogP contribution in [-0.2, 0) is 5.75 Å². The predicted octanol–water partition coefficient (Wildman–Crippen LogP) is 3.15. The number of thioether (sulfide) groups is 2. The number of nitrogens with two attached hydrogens (primary N) is 1. The average molecular weight is 298 g/mol. The number of anilines is 1. The van der Waals surface area contributed by atoms with Crippen LogP contribution in [0.5, 0.6) is 0 Å². The van der Waals surface area contributed by atoms with Crippen LogP contribution in [0.4, 0.5) is 5.69 Å². The molecule has 0 spiro atoms. The van der Waals surface area contributed by atoms with Crippen LogP contribution < -0.4 is 5.73 Å². The first kappa shape index (κ1) is 13.6. The van der Waals surface area contributed by atoms with Gasteiger partial charge in [-0.05, 0) is 31.2 Å². The van der Waals surface area contributed by atoms with Crippen LogP contribution in [0.1, 0.15) is 16.8 Å². The first-order valence-corrected chi connectivity index (χ1v) is 8.35. The maximum absolute atomic E-state index is 6.00. The minimum atomic E-state index is 0.777. The maximum atomic E-state index is 6.00. The number of hydrogen-bond acceptors (Lipinski definition) is 7. The van der Waals surface area contributed by atoms with Gasteiger partial charge >= 0.3 is 0 Å². The lowest BCUT2D eigenvalue weighted by atomic mass is 10.1. The fourth-order valence-corrected chi connectivity index (χ4v) is 3.87. The van der Waals surface area contributed by atoms with Gasteiger partial charge in [-0.1, -0.05) is 34.9 Å². The third kappa shape index (κ3) is 2.96. The van der Waals surface area contributed by atoms with Gasteiger partial charge in [0, 0.05) is 17.6 Å². The van der Waals surface area contributed by atoms with Crippen molar-refractivity contribution in [2.24, 2.45) is 0 Å². The normalized spacial score (nSPS) is 10.8. The van der Waals surface area contributed by atoms with Gasteiger partial charge in [0.2, 0.25) is 0 Å². The highest BCUT2D eigenvalue weighted by Crippen LogP contribution is 2.30. The number of pyridine rings is 1. The Kier molecular flexibility index (Phi) is 4.47. The van der Waals surface area contributed by atoms with Crippen molar-refractivity contribution < 1.29 is 0 Å². The van der Waals surface area contributed by atoms with E-state index < -0.39 is 0 Å². The molecule has 18 heavy (non-hydrogen) atoms. The van der Waals surface area contributed by atoms with E-state index in [9.17, 15) is 0 Å². The molecule has 0 aromatic carbocycles. The highest BCUT2D eigenvalue weighted by molar-refractivity contribution is 8.02. The summed E-state index contributed by atoms with van der Waals surface area (Å²) in [6.45, 7) is 3.99. The van der Waals surface area contributed by atoms with Gasteiger partial charge in [0.1, 0.15) is 0 Å². The molecule has 2 heterocycles. The molecule has 0 saturated carbocycles. The first-order valence-electron chi connectivity index (χ1n) is 5.32. The lowest BCUT2D eigenvalue weighted by molar-refractivity contribution is 0.954. The summed E-state index contributed by atoms with van der Waals surface area (Å²) in [5.74, 6) is 0.777. The quantitative estimate of drug-likeness (QED) is 0.875. The monoisotopic (exact) mass is 298 g/mol. The zero-order valence-electron chi connectivity index (χ0n) is 10.4. The Labute approximate surface area is 119 Å². The summed E-state index contributed by atoms with van der Waals surface area (Å²) in [5.41, 5.74) is 9.95. The lowest BCUT2D eigenvalue weighted by Gasteiger charge is -2.08. The molecule has 96 valence electrons. The fourth-order valence-electron chi connectivity index (χ4n) is 1.41. The number of rotatable bonds is 4. The van der Waals surface area contributed by atoms with E-state index in [1.165, 1.54) is 0 Å². The molecule has 2 aromatic heterocycles. The van der Waals surface area contributed by atoms with Crippen molar-refractivity contribution in [1.29, 1.82) is 0 Å². The van der Waals surface area contributed by atoms with Crippen LogP contribution in [-0.4, -0.2) is 21.4 Å². The molecule has 0 aliphatic rings. The molecule has 0 aliphatic carbocycles. The van der Waals surface area contributed by atoms with Gasteiger partial charge < -0.3 is 5.73 Å². The number of nitrogens with zero attached hydrogens (tertiary/aromatic N) is 3. The second-order valence-electron chi connectivity index (χ2n) is 3.75. The van der Waals surface area contributed by atoms with Crippen LogP contribution in [0.15, 0.2) is 14.9 Å². The van der Waals surface area contributed by atoms with E-state index in [1.54, 1.807) is 34.9 Å². The molecule has 0 fully saturated rings. The average Bonchev–Trinajstić information content (AvgIpc) is 2.83. The van der Waals surface area contributed by atoms with Crippen LogP contribution in [0.25, 0.3) is 0 Å². The highest BCUT2D eigenvalue weighted by Gasteiger charge is 2.09. The molecule has 2 aromatic rings. The van der Waals surface area contributed by atoms with Crippen molar-refractivity contribution in [3.8, 4) is 0 Å². The lowest BCUT2D eigenvalue weighted by Crippen LogP contribution is -2.00. The standard InChI is InChI=1S/C11H14N4S3/c1-6-4-13-8(7(2)9(6)12)5-17-11-15-14-10(16-3)18-11/h4H,5H2,1-3H3,(H2,12,13). The molecular weight excluding hydrogens is 284 g/mol. The minimum Gasteiger partial charge on any atom is -0.398 e. The van der Waals surface area contributed by atoms with Crippen molar-refractivity contribution in [2.75, 3.05) is 12.0 Å². The van der Waals surface area contributed by atoms with Crippen molar-refractivity contribution in [3.05, 3.63) is 23.0 Å². The zero-order valence-corrected chi connectivity index (χ0v) is 12.9. The van der Waals surface area contributed by atoms with Crippen LogP contribution in [0.2, 0.25) is 0 Å². The van der Waals surface area contributed by atoms with Gasteiger partial charge in [-0.15, -0.1) is 10.2 Å². The Bertz CT molecular complexity index is 553.